The van der Waals surface area contributed by atoms with Gasteiger partial charge in [-0.2, -0.15) is 0 Å². The third kappa shape index (κ3) is 3.87. The molecule has 1 saturated carbocycles. The van der Waals surface area contributed by atoms with Crippen molar-refractivity contribution in [2.24, 2.45) is 17.8 Å². The van der Waals surface area contributed by atoms with Crippen molar-refractivity contribution in [3.63, 3.8) is 0 Å². The fourth-order valence-electron chi connectivity index (χ4n) is 3.74. The maximum absolute atomic E-state index is 11.6. The second kappa shape index (κ2) is 7.11. The van der Waals surface area contributed by atoms with E-state index in [1.165, 1.54) is 11.1 Å². The first kappa shape index (κ1) is 16.1. The fourth-order valence-corrected chi connectivity index (χ4v) is 3.74. The summed E-state index contributed by atoms with van der Waals surface area (Å²) in [5.41, 5.74) is 2.57. The summed E-state index contributed by atoms with van der Waals surface area (Å²) in [4.78, 5) is 11.6. The van der Waals surface area contributed by atoms with Crippen LogP contribution >= 0.6 is 0 Å². The molecule has 1 aromatic rings. The van der Waals surface area contributed by atoms with Crippen LogP contribution in [0.25, 0.3) is 0 Å². The Labute approximate surface area is 128 Å². The van der Waals surface area contributed by atoms with E-state index in [-0.39, 0.29) is 11.8 Å². The van der Waals surface area contributed by atoms with Gasteiger partial charge in [0.05, 0.1) is 5.92 Å². The van der Waals surface area contributed by atoms with Crippen LogP contribution < -0.4 is 0 Å². The fraction of sp³-hybridized carbons (Fsp3) is 0.632. The lowest BCUT2D eigenvalue weighted by atomic mass is 9.68. The average molecular weight is 288 g/mol. The van der Waals surface area contributed by atoms with E-state index >= 15 is 0 Å². The van der Waals surface area contributed by atoms with Crippen molar-refractivity contribution in [2.45, 2.75) is 58.8 Å². The molecule has 3 unspecified atom stereocenters. The van der Waals surface area contributed by atoms with Crippen molar-refractivity contribution in [3.05, 3.63) is 35.4 Å². The summed E-state index contributed by atoms with van der Waals surface area (Å²) in [6.07, 6.45) is 5.10. The lowest BCUT2D eigenvalue weighted by molar-refractivity contribution is -0.144. The molecule has 21 heavy (non-hydrogen) atoms. The Morgan fingerprint density at radius 2 is 2.10 bits per heavy atom. The number of carboxylic acid groups (broad SMARTS) is 1. The Morgan fingerprint density at radius 1 is 1.33 bits per heavy atom. The van der Waals surface area contributed by atoms with E-state index in [0.717, 1.165) is 32.1 Å². The van der Waals surface area contributed by atoms with Crippen molar-refractivity contribution in [2.75, 3.05) is 0 Å². The number of aliphatic carboxylic acids is 1. The summed E-state index contributed by atoms with van der Waals surface area (Å²) in [5, 5.41) is 9.57. The molecule has 3 atom stereocenters. The lowest BCUT2D eigenvalue weighted by Gasteiger charge is -2.36. The van der Waals surface area contributed by atoms with Crippen LogP contribution in [0.5, 0.6) is 0 Å². The van der Waals surface area contributed by atoms with Crippen LogP contribution in [0.2, 0.25) is 0 Å². The maximum atomic E-state index is 11.6. The normalized spacial score (nSPS) is 26.0. The highest BCUT2D eigenvalue weighted by atomic mass is 16.4. The highest BCUT2D eigenvalue weighted by molar-refractivity contribution is 5.71. The maximum Gasteiger partial charge on any atom is 0.307 e. The van der Waals surface area contributed by atoms with Crippen LogP contribution in [-0.4, -0.2) is 11.1 Å². The summed E-state index contributed by atoms with van der Waals surface area (Å²) >= 11 is 0. The van der Waals surface area contributed by atoms with Crippen molar-refractivity contribution in [1.29, 1.82) is 0 Å². The van der Waals surface area contributed by atoms with Gasteiger partial charge in [0.15, 0.2) is 0 Å². The molecular weight excluding hydrogens is 260 g/mol. The van der Waals surface area contributed by atoms with Crippen LogP contribution in [-0.2, 0) is 11.2 Å². The first-order valence-corrected chi connectivity index (χ1v) is 8.34. The Morgan fingerprint density at radius 3 is 2.71 bits per heavy atom. The first-order valence-electron chi connectivity index (χ1n) is 8.34. The lowest BCUT2D eigenvalue weighted by Crippen LogP contribution is -2.31. The quantitative estimate of drug-likeness (QED) is 0.838. The summed E-state index contributed by atoms with van der Waals surface area (Å²) in [5.74, 6) is 0.641. The molecular formula is C19H28O2. The first-order chi connectivity index (χ1) is 10.0. The summed E-state index contributed by atoms with van der Waals surface area (Å²) in [7, 11) is 0. The second-order valence-corrected chi connectivity index (χ2v) is 6.86. The summed E-state index contributed by atoms with van der Waals surface area (Å²) < 4.78 is 0. The SMILES string of the molecule is CCCc1cccc(C2CC(C(C)C)CCC2C(=O)O)c1. The summed E-state index contributed by atoms with van der Waals surface area (Å²) in [6, 6.07) is 8.62. The molecule has 0 bridgehead atoms. The molecule has 116 valence electrons. The van der Waals surface area contributed by atoms with Crippen molar-refractivity contribution >= 4 is 5.97 Å². The molecule has 0 saturated heterocycles. The smallest absolute Gasteiger partial charge is 0.307 e. The van der Waals surface area contributed by atoms with Crippen LogP contribution in [0, 0.1) is 17.8 Å². The topological polar surface area (TPSA) is 37.3 Å². The van der Waals surface area contributed by atoms with Crippen molar-refractivity contribution < 1.29 is 9.90 Å². The van der Waals surface area contributed by atoms with Crippen molar-refractivity contribution in [3.8, 4) is 0 Å². The van der Waals surface area contributed by atoms with E-state index in [1.54, 1.807) is 0 Å². The predicted molar refractivity (Wildman–Crippen MR) is 86.5 cm³/mol. The molecule has 2 rings (SSSR count). The van der Waals surface area contributed by atoms with E-state index in [2.05, 4.69) is 45.0 Å². The molecule has 0 spiro atoms. The number of carboxylic acids is 1. The molecule has 1 N–H and O–H groups in total. The molecule has 1 aliphatic rings. The Kier molecular flexibility index (Phi) is 5.44. The highest BCUT2D eigenvalue weighted by Gasteiger charge is 2.36. The van der Waals surface area contributed by atoms with Gasteiger partial charge in [-0.1, -0.05) is 51.5 Å². The number of rotatable bonds is 5. The van der Waals surface area contributed by atoms with Crippen LogP contribution in [0.1, 0.15) is 63.5 Å². The zero-order valence-electron chi connectivity index (χ0n) is 13.5. The number of hydrogen-bond acceptors (Lipinski definition) is 1. The molecule has 1 aliphatic carbocycles. The van der Waals surface area contributed by atoms with Gasteiger partial charge in [0.2, 0.25) is 0 Å². The van der Waals surface area contributed by atoms with E-state index in [9.17, 15) is 9.90 Å². The van der Waals surface area contributed by atoms with Crippen LogP contribution in [0.3, 0.4) is 0 Å². The zero-order chi connectivity index (χ0) is 15.4. The Bertz CT molecular complexity index is 478. The molecule has 2 heteroatoms. The minimum Gasteiger partial charge on any atom is -0.481 e. The zero-order valence-corrected chi connectivity index (χ0v) is 13.5. The minimum atomic E-state index is -0.622. The molecule has 2 nitrogen and oxygen atoms in total. The van der Waals surface area contributed by atoms with Gasteiger partial charge in [-0.15, -0.1) is 0 Å². The molecule has 0 heterocycles. The van der Waals surface area contributed by atoms with Crippen molar-refractivity contribution in [1.82, 2.24) is 0 Å². The van der Waals surface area contributed by atoms with Gasteiger partial charge >= 0.3 is 5.97 Å². The van der Waals surface area contributed by atoms with Gasteiger partial charge in [0.1, 0.15) is 0 Å². The molecule has 0 aliphatic heterocycles. The third-order valence-electron chi connectivity index (χ3n) is 5.07. The summed E-state index contributed by atoms with van der Waals surface area (Å²) in [6.45, 7) is 6.70. The van der Waals surface area contributed by atoms with E-state index < -0.39 is 5.97 Å². The third-order valence-corrected chi connectivity index (χ3v) is 5.07. The number of aryl methyl sites for hydroxylation is 1. The Balaban J connectivity index is 2.26. The number of benzene rings is 1. The van der Waals surface area contributed by atoms with Crippen LogP contribution in [0.15, 0.2) is 24.3 Å². The molecule has 0 aromatic heterocycles. The van der Waals surface area contributed by atoms with E-state index in [1.807, 2.05) is 0 Å². The van der Waals surface area contributed by atoms with Gasteiger partial charge in [-0.3, -0.25) is 4.79 Å². The second-order valence-electron chi connectivity index (χ2n) is 6.86. The molecule has 1 aromatic carbocycles. The van der Waals surface area contributed by atoms with Gasteiger partial charge in [0.25, 0.3) is 0 Å². The Hall–Kier alpha value is -1.31. The average Bonchev–Trinajstić information content (AvgIpc) is 2.47. The molecule has 0 amide bonds. The molecule has 0 radical (unpaired) electrons. The minimum absolute atomic E-state index is 0.181. The highest BCUT2D eigenvalue weighted by Crippen LogP contribution is 2.43. The molecule has 1 fully saturated rings. The van der Waals surface area contributed by atoms with E-state index in [4.69, 9.17) is 0 Å². The number of hydrogen-bond donors (Lipinski definition) is 1. The van der Waals surface area contributed by atoms with Gasteiger partial charge in [0, 0.05) is 0 Å². The number of carbonyl (C=O) groups is 1. The monoisotopic (exact) mass is 288 g/mol. The van der Waals surface area contributed by atoms with E-state index in [0.29, 0.717) is 11.8 Å². The van der Waals surface area contributed by atoms with Gasteiger partial charge < -0.3 is 5.11 Å². The van der Waals surface area contributed by atoms with Crippen LogP contribution in [0.4, 0.5) is 0 Å². The predicted octanol–water partition coefficient (Wildman–Crippen LogP) is 4.88. The van der Waals surface area contributed by atoms with Gasteiger partial charge in [-0.05, 0) is 54.6 Å². The van der Waals surface area contributed by atoms with Gasteiger partial charge in [-0.25, -0.2) is 0 Å². The largest absolute Gasteiger partial charge is 0.481 e. The standard InChI is InChI=1S/C19H28O2/c1-4-6-14-7-5-8-16(11-14)18-12-15(13(2)3)9-10-17(18)19(20)21/h5,7-8,11,13,15,17-18H,4,6,9-10,12H2,1-3H3,(H,20,21).